The third kappa shape index (κ3) is 4.60. The molecule has 1 unspecified atom stereocenters. The number of ether oxygens (including phenoxy) is 1. The van der Waals surface area contributed by atoms with Crippen molar-refractivity contribution in [3.05, 3.63) is 35.9 Å². The van der Waals surface area contributed by atoms with Crippen LogP contribution in [0.2, 0.25) is 0 Å². The van der Waals surface area contributed by atoms with Gasteiger partial charge in [0.05, 0.1) is 5.60 Å². The first-order chi connectivity index (χ1) is 9.72. The second kappa shape index (κ2) is 9.15. The minimum atomic E-state index is -0.0137. The predicted molar refractivity (Wildman–Crippen MR) is 87.2 cm³/mol. The fourth-order valence-electron chi connectivity index (χ4n) is 3.16. The van der Waals surface area contributed by atoms with Crippen LogP contribution in [0.4, 0.5) is 0 Å². The lowest BCUT2D eigenvalue weighted by Gasteiger charge is -2.39. The normalized spacial score (nSPS) is 13.4. The molecule has 1 aromatic carbocycles. The van der Waals surface area contributed by atoms with E-state index >= 15 is 0 Å². The number of likely N-dealkylation sites (N-methyl/N-ethyl adjacent to an activating group) is 1. The SMILES string of the molecule is CCOC(CC)(CC)C(CCCc1ccccc1)NC. The summed E-state index contributed by atoms with van der Waals surface area (Å²) in [6.07, 6.45) is 5.63. The lowest BCUT2D eigenvalue weighted by Crippen LogP contribution is -2.51. The van der Waals surface area contributed by atoms with Crippen molar-refractivity contribution in [1.82, 2.24) is 5.32 Å². The molecular weight excluding hydrogens is 246 g/mol. The molecule has 20 heavy (non-hydrogen) atoms. The molecule has 1 N–H and O–H groups in total. The molecule has 2 heteroatoms. The van der Waals surface area contributed by atoms with Crippen LogP contribution >= 0.6 is 0 Å². The van der Waals surface area contributed by atoms with Crippen molar-refractivity contribution in [3.8, 4) is 0 Å². The molecule has 0 aliphatic carbocycles. The summed E-state index contributed by atoms with van der Waals surface area (Å²) in [6.45, 7) is 7.36. The van der Waals surface area contributed by atoms with E-state index in [1.165, 1.54) is 12.0 Å². The summed E-state index contributed by atoms with van der Waals surface area (Å²) in [4.78, 5) is 0. The van der Waals surface area contributed by atoms with E-state index in [0.29, 0.717) is 6.04 Å². The molecule has 1 rings (SSSR count). The van der Waals surface area contributed by atoms with Gasteiger partial charge in [-0.2, -0.15) is 0 Å². The molecule has 1 aromatic rings. The van der Waals surface area contributed by atoms with Gasteiger partial charge >= 0.3 is 0 Å². The van der Waals surface area contributed by atoms with Gasteiger partial charge in [0.25, 0.3) is 0 Å². The Morgan fingerprint density at radius 1 is 1.10 bits per heavy atom. The molecule has 0 aliphatic heterocycles. The molecule has 0 saturated carbocycles. The lowest BCUT2D eigenvalue weighted by molar-refractivity contribution is -0.0725. The van der Waals surface area contributed by atoms with Gasteiger partial charge in [-0.25, -0.2) is 0 Å². The Bertz CT molecular complexity index is 346. The standard InChI is InChI=1S/C18H31NO/c1-5-18(6-2,20-7-3)17(19-4)15-11-14-16-12-9-8-10-13-16/h8-10,12-13,17,19H,5-7,11,14-15H2,1-4H3. The molecule has 0 aliphatic rings. The van der Waals surface area contributed by atoms with E-state index < -0.39 is 0 Å². The van der Waals surface area contributed by atoms with Gasteiger partial charge in [0.15, 0.2) is 0 Å². The van der Waals surface area contributed by atoms with Crippen LogP contribution in [0.15, 0.2) is 30.3 Å². The van der Waals surface area contributed by atoms with E-state index in [-0.39, 0.29) is 5.60 Å². The van der Waals surface area contributed by atoms with E-state index in [9.17, 15) is 0 Å². The lowest BCUT2D eigenvalue weighted by atomic mass is 9.84. The minimum absolute atomic E-state index is 0.0137. The van der Waals surface area contributed by atoms with E-state index in [1.807, 2.05) is 0 Å². The maximum Gasteiger partial charge on any atom is 0.0829 e. The summed E-state index contributed by atoms with van der Waals surface area (Å²) in [6, 6.07) is 11.2. The number of hydrogen-bond acceptors (Lipinski definition) is 2. The topological polar surface area (TPSA) is 21.3 Å². The van der Waals surface area contributed by atoms with Gasteiger partial charge in [-0.1, -0.05) is 44.2 Å². The Morgan fingerprint density at radius 3 is 2.25 bits per heavy atom. The van der Waals surface area contributed by atoms with E-state index in [2.05, 4.69) is 63.5 Å². The van der Waals surface area contributed by atoms with Gasteiger partial charge in [0.2, 0.25) is 0 Å². The highest BCUT2D eigenvalue weighted by molar-refractivity contribution is 5.14. The number of nitrogens with one attached hydrogen (secondary N) is 1. The highest BCUT2D eigenvalue weighted by atomic mass is 16.5. The largest absolute Gasteiger partial charge is 0.374 e. The van der Waals surface area contributed by atoms with Gasteiger partial charge in [0.1, 0.15) is 0 Å². The fourth-order valence-corrected chi connectivity index (χ4v) is 3.16. The van der Waals surface area contributed by atoms with Crippen molar-refractivity contribution in [2.75, 3.05) is 13.7 Å². The quantitative estimate of drug-likeness (QED) is 0.692. The summed E-state index contributed by atoms with van der Waals surface area (Å²) in [5.74, 6) is 0. The molecule has 0 fully saturated rings. The Hall–Kier alpha value is -0.860. The highest BCUT2D eigenvalue weighted by Crippen LogP contribution is 2.28. The second-order valence-corrected chi connectivity index (χ2v) is 5.42. The zero-order valence-corrected chi connectivity index (χ0v) is 13.6. The van der Waals surface area contributed by atoms with E-state index in [1.54, 1.807) is 0 Å². The molecule has 0 spiro atoms. The second-order valence-electron chi connectivity index (χ2n) is 5.42. The van der Waals surface area contributed by atoms with Crippen molar-refractivity contribution in [2.24, 2.45) is 0 Å². The minimum Gasteiger partial charge on any atom is -0.374 e. The first kappa shape index (κ1) is 17.2. The maximum absolute atomic E-state index is 6.12. The molecular formula is C18H31NO. The number of hydrogen-bond donors (Lipinski definition) is 1. The molecule has 0 amide bonds. The predicted octanol–water partition coefficient (Wildman–Crippen LogP) is 4.19. The van der Waals surface area contributed by atoms with Crippen molar-refractivity contribution >= 4 is 0 Å². The first-order valence-electron chi connectivity index (χ1n) is 8.07. The van der Waals surface area contributed by atoms with Crippen molar-refractivity contribution in [1.29, 1.82) is 0 Å². The van der Waals surface area contributed by atoms with Gasteiger partial charge in [-0.05, 0) is 51.6 Å². The van der Waals surface area contributed by atoms with Crippen LogP contribution in [0.25, 0.3) is 0 Å². The molecule has 2 nitrogen and oxygen atoms in total. The van der Waals surface area contributed by atoms with Gasteiger partial charge in [-0.15, -0.1) is 0 Å². The zero-order chi connectivity index (χ0) is 14.8. The number of benzene rings is 1. The third-order valence-corrected chi connectivity index (χ3v) is 4.41. The van der Waals surface area contributed by atoms with Crippen LogP contribution in [0.1, 0.15) is 52.0 Å². The van der Waals surface area contributed by atoms with Crippen LogP contribution in [-0.4, -0.2) is 25.3 Å². The molecule has 0 heterocycles. The maximum atomic E-state index is 6.12. The van der Waals surface area contributed by atoms with E-state index in [0.717, 1.165) is 32.3 Å². The zero-order valence-electron chi connectivity index (χ0n) is 13.6. The van der Waals surface area contributed by atoms with Crippen LogP contribution in [-0.2, 0) is 11.2 Å². The average molecular weight is 277 g/mol. The Kier molecular flexibility index (Phi) is 7.86. The van der Waals surface area contributed by atoms with Crippen LogP contribution in [0, 0.1) is 0 Å². The summed E-state index contributed by atoms with van der Waals surface area (Å²) in [5.41, 5.74) is 1.41. The summed E-state index contributed by atoms with van der Waals surface area (Å²) >= 11 is 0. The monoisotopic (exact) mass is 277 g/mol. The molecule has 1 atom stereocenters. The third-order valence-electron chi connectivity index (χ3n) is 4.41. The van der Waals surface area contributed by atoms with Crippen molar-refractivity contribution < 1.29 is 4.74 Å². The fraction of sp³-hybridized carbons (Fsp3) is 0.667. The molecule has 114 valence electrons. The van der Waals surface area contributed by atoms with E-state index in [4.69, 9.17) is 4.74 Å². The van der Waals surface area contributed by atoms with Gasteiger partial charge in [-0.3, -0.25) is 0 Å². The summed E-state index contributed by atoms with van der Waals surface area (Å²) in [7, 11) is 2.06. The molecule has 0 radical (unpaired) electrons. The number of rotatable bonds is 10. The molecule has 0 bridgehead atoms. The first-order valence-corrected chi connectivity index (χ1v) is 8.07. The smallest absolute Gasteiger partial charge is 0.0829 e. The van der Waals surface area contributed by atoms with Crippen LogP contribution in [0.3, 0.4) is 0 Å². The van der Waals surface area contributed by atoms with Crippen LogP contribution in [0.5, 0.6) is 0 Å². The van der Waals surface area contributed by atoms with Crippen molar-refractivity contribution in [2.45, 2.75) is 64.5 Å². The number of aryl methyl sites for hydroxylation is 1. The Morgan fingerprint density at radius 2 is 1.75 bits per heavy atom. The average Bonchev–Trinajstić information content (AvgIpc) is 2.51. The highest BCUT2D eigenvalue weighted by Gasteiger charge is 2.34. The molecule has 0 saturated heterocycles. The summed E-state index contributed by atoms with van der Waals surface area (Å²) < 4.78 is 6.12. The van der Waals surface area contributed by atoms with Gasteiger partial charge < -0.3 is 10.1 Å². The molecule has 0 aromatic heterocycles. The Labute approximate surface area is 124 Å². The van der Waals surface area contributed by atoms with Crippen LogP contribution < -0.4 is 5.32 Å². The van der Waals surface area contributed by atoms with Gasteiger partial charge in [0, 0.05) is 12.6 Å². The summed E-state index contributed by atoms with van der Waals surface area (Å²) in [5, 5.41) is 3.49. The van der Waals surface area contributed by atoms with Crippen molar-refractivity contribution in [3.63, 3.8) is 0 Å². The Balaban J connectivity index is 2.56.